The molecule has 1 aromatic heterocycles. The van der Waals surface area contributed by atoms with E-state index >= 15 is 0 Å². The molecule has 0 bridgehead atoms. The number of nitrogens with zero attached hydrogens (tertiary/aromatic N) is 1. The molecule has 0 spiro atoms. The zero-order valence-corrected chi connectivity index (χ0v) is 18.6. The molecule has 8 heteroatoms. The number of fused-ring (bicyclic) bond motifs is 1. The molecule has 2 aromatic rings. The monoisotopic (exact) mass is 438 g/mol. The second-order valence-corrected chi connectivity index (χ2v) is 7.80. The van der Waals surface area contributed by atoms with E-state index in [2.05, 4.69) is 17.1 Å². The van der Waals surface area contributed by atoms with E-state index in [4.69, 9.17) is 9.47 Å². The lowest BCUT2D eigenvalue weighted by Gasteiger charge is -2.25. The van der Waals surface area contributed by atoms with Crippen molar-refractivity contribution in [2.75, 3.05) is 31.6 Å². The van der Waals surface area contributed by atoms with Crippen molar-refractivity contribution in [2.45, 2.75) is 33.7 Å². The smallest absolute Gasteiger partial charge is 0.341 e. The second-order valence-electron chi connectivity index (χ2n) is 6.70. The van der Waals surface area contributed by atoms with Gasteiger partial charge in [0, 0.05) is 18.0 Å². The highest BCUT2D eigenvalue weighted by Crippen LogP contribution is 2.37. The minimum Gasteiger partial charge on any atom is -0.484 e. The van der Waals surface area contributed by atoms with Crippen LogP contribution >= 0.6 is 23.7 Å². The van der Waals surface area contributed by atoms with Crippen LogP contribution in [0.4, 0.5) is 5.00 Å². The Kier molecular flexibility index (Phi) is 8.49. The molecule has 3 rings (SSSR count). The highest BCUT2D eigenvalue weighted by atomic mass is 35.5. The van der Waals surface area contributed by atoms with Gasteiger partial charge in [-0.1, -0.05) is 24.6 Å². The number of benzene rings is 1. The number of rotatable bonds is 7. The first kappa shape index (κ1) is 23.2. The molecule has 1 aromatic carbocycles. The van der Waals surface area contributed by atoms with Crippen LogP contribution in [0.2, 0.25) is 0 Å². The minimum atomic E-state index is -0.375. The first-order valence-corrected chi connectivity index (χ1v) is 10.4. The van der Waals surface area contributed by atoms with E-state index in [1.54, 1.807) is 6.92 Å². The van der Waals surface area contributed by atoms with Gasteiger partial charge in [0.05, 0.1) is 12.2 Å². The third-order valence-corrected chi connectivity index (χ3v) is 5.84. The number of likely N-dealkylation sites (N-methyl/N-ethyl adjacent to an activating group) is 1. The summed E-state index contributed by atoms with van der Waals surface area (Å²) in [5, 5.41) is 3.41. The largest absolute Gasteiger partial charge is 0.484 e. The van der Waals surface area contributed by atoms with E-state index in [1.807, 2.05) is 31.2 Å². The zero-order chi connectivity index (χ0) is 20.1. The van der Waals surface area contributed by atoms with Gasteiger partial charge in [0.2, 0.25) is 0 Å². The van der Waals surface area contributed by atoms with Crippen molar-refractivity contribution < 1.29 is 19.1 Å². The van der Waals surface area contributed by atoms with Crippen molar-refractivity contribution in [1.29, 1.82) is 0 Å². The van der Waals surface area contributed by atoms with Gasteiger partial charge in [-0.25, -0.2) is 4.79 Å². The van der Waals surface area contributed by atoms with Gasteiger partial charge >= 0.3 is 5.97 Å². The van der Waals surface area contributed by atoms with Crippen LogP contribution in [0.1, 0.15) is 40.2 Å². The molecule has 0 unspecified atom stereocenters. The molecular weight excluding hydrogens is 412 g/mol. The summed E-state index contributed by atoms with van der Waals surface area (Å²) in [6.45, 7) is 8.72. The summed E-state index contributed by atoms with van der Waals surface area (Å²) in [7, 11) is 0. The predicted molar refractivity (Wildman–Crippen MR) is 117 cm³/mol. The van der Waals surface area contributed by atoms with E-state index in [-0.39, 0.29) is 30.9 Å². The molecule has 29 heavy (non-hydrogen) atoms. The summed E-state index contributed by atoms with van der Waals surface area (Å²) in [6.07, 6.45) is 0.781. The fourth-order valence-electron chi connectivity index (χ4n) is 3.18. The molecule has 0 saturated heterocycles. The normalized spacial score (nSPS) is 13.2. The number of aryl methyl sites for hydroxylation is 1. The summed E-state index contributed by atoms with van der Waals surface area (Å²) in [6, 6.07) is 7.52. The van der Waals surface area contributed by atoms with Crippen LogP contribution in [-0.2, 0) is 22.5 Å². The molecule has 1 amide bonds. The van der Waals surface area contributed by atoms with Crippen molar-refractivity contribution >= 4 is 40.6 Å². The van der Waals surface area contributed by atoms with Gasteiger partial charge in [0.1, 0.15) is 10.8 Å². The summed E-state index contributed by atoms with van der Waals surface area (Å²) >= 11 is 1.46. The molecule has 2 heterocycles. The number of hydrogen-bond donors (Lipinski definition) is 1. The Morgan fingerprint density at radius 2 is 1.93 bits per heavy atom. The molecule has 0 fully saturated rings. The first-order chi connectivity index (χ1) is 13.5. The average molecular weight is 439 g/mol. The maximum Gasteiger partial charge on any atom is 0.341 e. The summed E-state index contributed by atoms with van der Waals surface area (Å²) in [4.78, 5) is 28.4. The predicted octanol–water partition coefficient (Wildman–Crippen LogP) is 4.05. The molecule has 0 aliphatic carbocycles. The number of anilines is 1. The lowest BCUT2D eigenvalue weighted by Crippen LogP contribution is -2.30. The number of nitrogens with one attached hydrogen (secondary N) is 1. The summed E-state index contributed by atoms with van der Waals surface area (Å²) < 4.78 is 10.8. The van der Waals surface area contributed by atoms with E-state index < -0.39 is 0 Å². The Bertz CT molecular complexity index is 851. The lowest BCUT2D eigenvalue weighted by atomic mass is 10.0. The van der Waals surface area contributed by atoms with Crippen LogP contribution in [0.25, 0.3) is 0 Å². The Morgan fingerprint density at radius 1 is 1.21 bits per heavy atom. The molecule has 6 nitrogen and oxygen atoms in total. The van der Waals surface area contributed by atoms with Crippen molar-refractivity contribution in [2.24, 2.45) is 0 Å². The lowest BCUT2D eigenvalue weighted by molar-refractivity contribution is -0.118. The molecule has 1 N–H and O–H groups in total. The van der Waals surface area contributed by atoms with Crippen LogP contribution in [0, 0.1) is 6.92 Å². The Labute approximate surface area is 181 Å². The van der Waals surface area contributed by atoms with Gasteiger partial charge in [0.25, 0.3) is 5.91 Å². The van der Waals surface area contributed by atoms with Gasteiger partial charge < -0.3 is 14.8 Å². The number of halogens is 1. The molecule has 0 saturated carbocycles. The van der Waals surface area contributed by atoms with Crippen molar-refractivity contribution in [3.05, 3.63) is 45.8 Å². The average Bonchev–Trinajstić information content (AvgIpc) is 3.04. The standard InChI is InChI=1S/C21H26N2O4S.ClH/c1-4-23-11-10-16-17(12-23)28-20(19(16)21(25)26-5-2)22-18(24)13-27-15-8-6-14(3)7-9-15;/h6-9H,4-5,10-13H2,1-3H3,(H,22,24);1H. The number of carbonyl (C=O) groups is 2. The second kappa shape index (κ2) is 10.6. The molecule has 1 aliphatic heterocycles. The molecule has 158 valence electrons. The maximum absolute atomic E-state index is 12.5. The van der Waals surface area contributed by atoms with Crippen LogP contribution in [0.15, 0.2) is 24.3 Å². The Balaban J connectivity index is 0.00000300. The number of thiophene rings is 1. The van der Waals surface area contributed by atoms with Crippen molar-refractivity contribution in [3.8, 4) is 5.75 Å². The minimum absolute atomic E-state index is 0. The molecular formula is C21H27ClN2O4S. The number of esters is 1. The quantitative estimate of drug-likeness (QED) is 0.660. The highest BCUT2D eigenvalue weighted by Gasteiger charge is 2.29. The zero-order valence-electron chi connectivity index (χ0n) is 16.9. The van der Waals surface area contributed by atoms with Gasteiger partial charge in [0.15, 0.2) is 6.61 Å². The highest BCUT2D eigenvalue weighted by molar-refractivity contribution is 7.17. The first-order valence-electron chi connectivity index (χ1n) is 9.55. The fraction of sp³-hybridized carbons (Fsp3) is 0.429. The van der Waals surface area contributed by atoms with E-state index in [0.717, 1.165) is 42.1 Å². The molecule has 0 atom stereocenters. The maximum atomic E-state index is 12.5. The number of ether oxygens (including phenoxy) is 2. The van der Waals surface area contributed by atoms with Crippen molar-refractivity contribution in [1.82, 2.24) is 4.90 Å². The summed E-state index contributed by atoms with van der Waals surface area (Å²) in [5.41, 5.74) is 2.63. The third kappa shape index (κ3) is 5.72. The fourth-order valence-corrected chi connectivity index (χ4v) is 4.47. The summed E-state index contributed by atoms with van der Waals surface area (Å²) in [5.74, 6) is -0.0350. The van der Waals surface area contributed by atoms with E-state index in [1.165, 1.54) is 11.3 Å². The van der Waals surface area contributed by atoms with Gasteiger partial charge in [-0.05, 0) is 44.5 Å². The topological polar surface area (TPSA) is 67.9 Å². The third-order valence-electron chi connectivity index (χ3n) is 4.71. The van der Waals surface area contributed by atoms with Gasteiger partial charge in [-0.2, -0.15) is 0 Å². The van der Waals surface area contributed by atoms with Crippen LogP contribution in [-0.4, -0.2) is 43.1 Å². The van der Waals surface area contributed by atoms with Crippen LogP contribution < -0.4 is 10.1 Å². The van der Waals surface area contributed by atoms with Gasteiger partial charge in [-0.3, -0.25) is 9.69 Å². The SMILES string of the molecule is CCOC(=O)c1c(NC(=O)COc2ccc(C)cc2)sc2c1CCN(CC)C2.Cl. The number of amides is 1. The van der Waals surface area contributed by atoms with Crippen LogP contribution in [0.3, 0.4) is 0 Å². The number of hydrogen-bond acceptors (Lipinski definition) is 6. The van der Waals surface area contributed by atoms with Crippen molar-refractivity contribution in [3.63, 3.8) is 0 Å². The molecule has 0 radical (unpaired) electrons. The van der Waals surface area contributed by atoms with E-state index in [9.17, 15) is 9.59 Å². The Morgan fingerprint density at radius 3 is 2.59 bits per heavy atom. The van der Waals surface area contributed by atoms with Crippen LogP contribution in [0.5, 0.6) is 5.75 Å². The molecule has 1 aliphatic rings. The Hall–Kier alpha value is -2.09. The van der Waals surface area contributed by atoms with Gasteiger partial charge in [-0.15, -0.1) is 23.7 Å². The number of carbonyl (C=O) groups excluding carboxylic acids is 2. The van der Waals surface area contributed by atoms with E-state index in [0.29, 0.717) is 22.9 Å².